The molecule has 5 nitrogen and oxygen atoms in total. The lowest BCUT2D eigenvalue weighted by atomic mass is 9.94. The van der Waals surface area contributed by atoms with Gasteiger partial charge < -0.3 is 24.7 Å². The van der Waals surface area contributed by atoms with E-state index in [1.165, 1.54) is 0 Å². The van der Waals surface area contributed by atoms with Crippen molar-refractivity contribution in [3.8, 4) is 17.2 Å². The quantitative estimate of drug-likeness (QED) is 0.902. The maximum Gasteiger partial charge on any atom is 0.231 e. The van der Waals surface area contributed by atoms with Gasteiger partial charge in [-0.25, -0.2) is 0 Å². The van der Waals surface area contributed by atoms with E-state index in [9.17, 15) is 0 Å². The summed E-state index contributed by atoms with van der Waals surface area (Å²) in [7, 11) is 1.77. The molecular weight excluding hydrogens is 270 g/mol. The highest BCUT2D eigenvalue weighted by Crippen LogP contribution is 2.39. The van der Waals surface area contributed by atoms with Gasteiger partial charge in [0, 0.05) is 19.6 Å². The van der Waals surface area contributed by atoms with Crippen molar-refractivity contribution >= 4 is 0 Å². The summed E-state index contributed by atoms with van der Waals surface area (Å²) in [4.78, 5) is 0. The first-order valence-electron chi connectivity index (χ1n) is 7.62. The van der Waals surface area contributed by atoms with Gasteiger partial charge >= 0.3 is 0 Å². The molecule has 0 radical (unpaired) electrons. The standard InChI is InChI=1S/C16H23NO4/c1-18-12-3-2-4-13(8-12)21-14-9-16-15(19-10-20-16)7-11(14)5-6-17/h7,9,12-13H,2-6,8,10,17H2,1H3. The van der Waals surface area contributed by atoms with Crippen molar-refractivity contribution in [1.82, 2.24) is 0 Å². The van der Waals surface area contributed by atoms with Gasteiger partial charge in [0.2, 0.25) is 6.79 Å². The molecule has 21 heavy (non-hydrogen) atoms. The number of rotatable bonds is 5. The van der Waals surface area contributed by atoms with E-state index < -0.39 is 0 Å². The largest absolute Gasteiger partial charge is 0.490 e. The SMILES string of the molecule is COC1CCCC(Oc2cc3c(cc2CCN)OCO3)C1. The molecule has 1 aromatic rings. The van der Waals surface area contributed by atoms with E-state index in [1.807, 2.05) is 12.1 Å². The summed E-state index contributed by atoms with van der Waals surface area (Å²) in [5.41, 5.74) is 6.79. The van der Waals surface area contributed by atoms with Crippen LogP contribution in [0.4, 0.5) is 0 Å². The van der Waals surface area contributed by atoms with Crippen molar-refractivity contribution in [3.05, 3.63) is 17.7 Å². The summed E-state index contributed by atoms with van der Waals surface area (Å²) >= 11 is 0. The Bertz CT molecular complexity index is 491. The molecule has 116 valence electrons. The summed E-state index contributed by atoms with van der Waals surface area (Å²) in [6, 6.07) is 3.92. The second-order valence-corrected chi connectivity index (χ2v) is 5.62. The van der Waals surface area contributed by atoms with E-state index in [1.54, 1.807) is 7.11 Å². The normalized spacial score (nSPS) is 24.1. The smallest absolute Gasteiger partial charge is 0.231 e. The lowest BCUT2D eigenvalue weighted by molar-refractivity contribution is 0.0206. The van der Waals surface area contributed by atoms with Crippen LogP contribution in [-0.4, -0.2) is 32.7 Å². The van der Waals surface area contributed by atoms with Crippen LogP contribution in [0.2, 0.25) is 0 Å². The Kier molecular flexibility index (Phi) is 4.51. The van der Waals surface area contributed by atoms with Gasteiger partial charge in [-0.2, -0.15) is 0 Å². The number of nitrogens with two attached hydrogens (primary N) is 1. The molecule has 0 bridgehead atoms. The zero-order valence-corrected chi connectivity index (χ0v) is 12.5. The fraction of sp³-hybridized carbons (Fsp3) is 0.625. The molecule has 1 fully saturated rings. The molecule has 1 aliphatic carbocycles. The van der Waals surface area contributed by atoms with Crippen LogP contribution in [0, 0.1) is 0 Å². The second kappa shape index (κ2) is 6.54. The lowest BCUT2D eigenvalue weighted by Gasteiger charge is -2.29. The monoisotopic (exact) mass is 293 g/mol. The summed E-state index contributed by atoms with van der Waals surface area (Å²) in [5.74, 6) is 2.40. The summed E-state index contributed by atoms with van der Waals surface area (Å²) in [5, 5.41) is 0. The van der Waals surface area contributed by atoms with Crippen molar-refractivity contribution in [3.63, 3.8) is 0 Å². The number of hydrogen-bond acceptors (Lipinski definition) is 5. The van der Waals surface area contributed by atoms with Gasteiger partial charge in [0.1, 0.15) is 11.9 Å². The zero-order chi connectivity index (χ0) is 14.7. The van der Waals surface area contributed by atoms with Crippen LogP contribution in [-0.2, 0) is 11.2 Å². The third-order valence-electron chi connectivity index (χ3n) is 4.17. The molecule has 1 heterocycles. The van der Waals surface area contributed by atoms with Crippen LogP contribution in [0.1, 0.15) is 31.2 Å². The molecule has 2 atom stereocenters. The molecule has 2 unspecified atom stereocenters. The van der Waals surface area contributed by atoms with E-state index in [4.69, 9.17) is 24.7 Å². The Hall–Kier alpha value is -1.46. The van der Waals surface area contributed by atoms with Crippen molar-refractivity contribution in [2.75, 3.05) is 20.4 Å². The van der Waals surface area contributed by atoms with E-state index in [0.29, 0.717) is 12.6 Å². The second-order valence-electron chi connectivity index (χ2n) is 5.62. The minimum absolute atomic E-state index is 0.195. The van der Waals surface area contributed by atoms with E-state index in [-0.39, 0.29) is 12.9 Å². The predicted molar refractivity (Wildman–Crippen MR) is 79.0 cm³/mol. The van der Waals surface area contributed by atoms with Crippen LogP contribution < -0.4 is 19.9 Å². The van der Waals surface area contributed by atoms with Crippen molar-refractivity contribution in [2.24, 2.45) is 5.73 Å². The molecule has 2 aliphatic rings. The van der Waals surface area contributed by atoms with Gasteiger partial charge in [-0.05, 0) is 43.9 Å². The van der Waals surface area contributed by atoms with E-state index in [0.717, 1.165) is 54.9 Å². The Morgan fingerprint density at radius 2 is 1.95 bits per heavy atom. The minimum atomic E-state index is 0.195. The summed E-state index contributed by atoms with van der Waals surface area (Å²) < 4.78 is 22.6. The highest BCUT2D eigenvalue weighted by Gasteiger charge is 2.25. The fourth-order valence-corrected chi connectivity index (χ4v) is 3.03. The molecular formula is C16H23NO4. The summed E-state index contributed by atoms with van der Waals surface area (Å²) in [6.45, 7) is 0.859. The molecule has 1 aliphatic heterocycles. The molecule has 1 saturated carbocycles. The van der Waals surface area contributed by atoms with Crippen molar-refractivity contribution in [2.45, 2.75) is 44.3 Å². The molecule has 2 N–H and O–H groups in total. The van der Waals surface area contributed by atoms with Gasteiger partial charge in [0.05, 0.1) is 6.10 Å². The lowest BCUT2D eigenvalue weighted by Crippen LogP contribution is -2.29. The Morgan fingerprint density at radius 1 is 1.19 bits per heavy atom. The Balaban J connectivity index is 1.77. The Morgan fingerprint density at radius 3 is 2.71 bits per heavy atom. The average Bonchev–Trinajstić information content (AvgIpc) is 2.95. The highest BCUT2D eigenvalue weighted by atomic mass is 16.7. The Labute approximate surface area is 125 Å². The van der Waals surface area contributed by atoms with Gasteiger partial charge in [-0.15, -0.1) is 0 Å². The number of ether oxygens (including phenoxy) is 4. The predicted octanol–water partition coefficient (Wildman–Crippen LogP) is 2.25. The van der Waals surface area contributed by atoms with Crippen LogP contribution in [0.15, 0.2) is 12.1 Å². The van der Waals surface area contributed by atoms with Crippen LogP contribution >= 0.6 is 0 Å². The first-order chi connectivity index (χ1) is 10.3. The first kappa shape index (κ1) is 14.5. The highest BCUT2D eigenvalue weighted by molar-refractivity contribution is 5.52. The number of fused-ring (bicyclic) bond motifs is 1. The number of benzene rings is 1. The van der Waals surface area contributed by atoms with Crippen LogP contribution in [0.3, 0.4) is 0 Å². The number of methoxy groups -OCH3 is 1. The molecule has 3 rings (SSSR count). The molecule has 0 spiro atoms. The van der Waals surface area contributed by atoms with Gasteiger partial charge in [0.15, 0.2) is 11.5 Å². The van der Waals surface area contributed by atoms with Gasteiger partial charge in [-0.1, -0.05) is 0 Å². The molecule has 0 saturated heterocycles. The average molecular weight is 293 g/mol. The molecule has 0 aromatic heterocycles. The maximum atomic E-state index is 6.23. The van der Waals surface area contributed by atoms with Crippen molar-refractivity contribution in [1.29, 1.82) is 0 Å². The first-order valence-corrected chi connectivity index (χ1v) is 7.62. The zero-order valence-electron chi connectivity index (χ0n) is 12.5. The fourth-order valence-electron chi connectivity index (χ4n) is 3.03. The van der Waals surface area contributed by atoms with Gasteiger partial charge in [-0.3, -0.25) is 0 Å². The number of hydrogen-bond donors (Lipinski definition) is 1. The maximum absolute atomic E-state index is 6.23. The van der Waals surface area contributed by atoms with Crippen LogP contribution in [0.25, 0.3) is 0 Å². The van der Waals surface area contributed by atoms with Crippen molar-refractivity contribution < 1.29 is 18.9 Å². The van der Waals surface area contributed by atoms with E-state index in [2.05, 4.69) is 0 Å². The van der Waals surface area contributed by atoms with Crippen LogP contribution in [0.5, 0.6) is 17.2 Å². The van der Waals surface area contributed by atoms with Gasteiger partial charge in [0.25, 0.3) is 0 Å². The summed E-state index contributed by atoms with van der Waals surface area (Å²) in [6.07, 6.45) is 5.53. The third-order valence-corrected chi connectivity index (χ3v) is 4.17. The minimum Gasteiger partial charge on any atom is -0.490 e. The van der Waals surface area contributed by atoms with E-state index >= 15 is 0 Å². The molecule has 5 heteroatoms. The third kappa shape index (κ3) is 3.24. The topological polar surface area (TPSA) is 62.9 Å². The molecule has 1 aromatic carbocycles. The molecule has 0 amide bonds.